The van der Waals surface area contributed by atoms with Gasteiger partial charge in [-0.05, 0) is 45.4 Å². The van der Waals surface area contributed by atoms with Crippen molar-refractivity contribution in [3.8, 4) is 5.75 Å². The first-order valence-electron chi connectivity index (χ1n) is 10.2. The van der Waals surface area contributed by atoms with Gasteiger partial charge in [-0.25, -0.2) is 4.79 Å². The zero-order valence-corrected chi connectivity index (χ0v) is 18.3. The molecular formula is C25H28N2O4. The molecule has 0 saturated carbocycles. The van der Waals surface area contributed by atoms with Crippen LogP contribution in [0.4, 0.5) is 10.5 Å². The SMILES string of the molecule is CC(C)Oc1ccc(NC(=O)C(C)(C)NC(=O)OCc2ccccc2)c2ccccc12. The van der Waals surface area contributed by atoms with Crippen molar-refractivity contribution in [3.63, 3.8) is 0 Å². The van der Waals surface area contributed by atoms with Gasteiger partial charge in [-0.1, -0.05) is 54.6 Å². The largest absolute Gasteiger partial charge is 0.490 e. The molecule has 0 aliphatic heterocycles. The summed E-state index contributed by atoms with van der Waals surface area (Å²) in [5, 5.41) is 7.32. The van der Waals surface area contributed by atoms with E-state index in [4.69, 9.17) is 9.47 Å². The molecule has 3 rings (SSSR count). The van der Waals surface area contributed by atoms with E-state index in [0.29, 0.717) is 5.69 Å². The van der Waals surface area contributed by atoms with Gasteiger partial charge in [0.15, 0.2) is 0 Å². The standard InChI is InChI=1S/C25H28N2O4/c1-17(2)31-22-15-14-21(19-12-8-9-13-20(19)22)26-23(28)25(3,4)27-24(29)30-16-18-10-6-5-7-11-18/h5-15,17H,16H2,1-4H3,(H,26,28)(H,27,29). The maximum absolute atomic E-state index is 12.9. The molecule has 2 N–H and O–H groups in total. The number of ether oxygens (including phenoxy) is 2. The summed E-state index contributed by atoms with van der Waals surface area (Å²) in [7, 11) is 0. The molecule has 0 radical (unpaired) electrons. The Hall–Kier alpha value is -3.54. The number of fused-ring (bicyclic) bond motifs is 1. The summed E-state index contributed by atoms with van der Waals surface area (Å²) in [6.07, 6.45) is -0.622. The Morgan fingerprint density at radius 3 is 2.23 bits per heavy atom. The third kappa shape index (κ3) is 5.75. The van der Waals surface area contributed by atoms with Crippen LogP contribution in [0.2, 0.25) is 0 Å². The van der Waals surface area contributed by atoms with E-state index < -0.39 is 11.6 Å². The summed E-state index contributed by atoms with van der Waals surface area (Å²) in [5.74, 6) is 0.400. The van der Waals surface area contributed by atoms with Crippen LogP contribution in [0, 0.1) is 0 Å². The molecule has 162 valence electrons. The maximum Gasteiger partial charge on any atom is 0.408 e. The van der Waals surface area contributed by atoms with E-state index in [2.05, 4.69) is 10.6 Å². The zero-order valence-electron chi connectivity index (χ0n) is 18.3. The molecule has 0 aliphatic rings. The molecule has 31 heavy (non-hydrogen) atoms. The van der Waals surface area contributed by atoms with Crippen molar-refractivity contribution in [2.45, 2.75) is 45.9 Å². The number of amides is 2. The highest BCUT2D eigenvalue weighted by Crippen LogP contribution is 2.32. The van der Waals surface area contributed by atoms with Gasteiger partial charge in [-0.2, -0.15) is 0 Å². The number of rotatable bonds is 7. The predicted molar refractivity (Wildman–Crippen MR) is 122 cm³/mol. The van der Waals surface area contributed by atoms with Crippen LogP contribution in [0.15, 0.2) is 66.7 Å². The highest BCUT2D eigenvalue weighted by atomic mass is 16.5. The van der Waals surface area contributed by atoms with Gasteiger partial charge in [0.2, 0.25) is 5.91 Å². The van der Waals surface area contributed by atoms with Crippen LogP contribution in [0.25, 0.3) is 10.8 Å². The number of alkyl carbamates (subject to hydrolysis) is 1. The van der Waals surface area contributed by atoms with Gasteiger partial charge in [0.1, 0.15) is 17.9 Å². The summed E-state index contributed by atoms with van der Waals surface area (Å²) in [4.78, 5) is 25.2. The Morgan fingerprint density at radius 1 is 0.903 bits per heavy atom. The number of hydrogen-bond donors (Lipinski definition) is 2. The van der Waals surface area contributed by atoms with Gasteiger partial charge in [-0.15, -0.1) is 0 Å². The first-order valence-corrected chi connectivity index (χ1v) is 10.2. The fourth-order valence-electron chi connectivity index (χ4n) is 3.09. The van der Waals surface area contributed by atoms with E-state index in [-0.39, 0.29) is 18.6 Å². The van der Waals surface area contributed by atoms with Crippen molar-refractivity contribution in [3.05, 3.63) is 72.3 Å². The second kappa shape index (κ2) is 9.51. The predicted octanol–water partition coefficient (Wildman–Crippen LogP) is 5.27. The van der Waals surface area contributed by atoms with E-state index in [1.807, 2.05) is 80.6 Å². The van der Waals surface area contributed by atoms with E-state index in [9.17, 15) is 9.59 Å². The van der Waals surface area contributed by atoms with Crippen molar-refractivity contribution in [2.75, 3.05) is 5.32 Å². The molecule has 3 aromatic carbocycles. The zero-order chi connectivity index (χ0) is 22.4. The summed E-state index contributed by atoms with van der Waals surface area (Å²) >= 11 is 0. The molecule has 6 heteroatoms. The molecule has 6 nitrogen and oxygen atoms in total. The summed E-state index contributed by atoms with van der Waals surface area (Å²) in [5.41, 5.74) is 0.335. The lowest BCUT2D eigenvalue weighted by atomic mass is 10.0. The Kier molecular flexibility index (Phi) is 6.80. The number of nitrogens with one attached hydrogen (secondary N) is 2. The first-order chi connectivity index (χ1) is 14.8. The minimum Gasteiger partial charge on any atom is -0.490 e. The lowest BCUT2D eigenvalue weighted by molar-refractivity contribution is -0.121. The van der Waals surface area contributed by atoms with Crippen LogP contribution in [-0.2, 0) is 16.1 Å². The molecule has 0 aliphatic carbocycles. The van der Waals surface area contributed by atoms with Crippen LogP contribution in [0.1, 0.15) is 33.3 Å². The summed E-state index contributed by atoms with van der Waals surface area (Å²) in [6.45, 7) is 7.33. The van der Waals surface area contributed by atoms with Crippen LogP contribution in [0.5, 0.6) is 5.75 Å². The third-order valence-electron chi connectivity index (χ3n) is 4.69. The van der Waals surface area contributed by atoms with Gasteiger partial charge >= 0.3 is 6.09 Å². The van der Waals surface area contributed by atoms with Crippen molar-refractivity contribution in [1.82, 2.24) is 5.32 Å². The maximum atomic E-state index is 12.9. The number of hydrogen-bond acceptors (Lipinski definition) is 4. The highest BCUT2D eigenvalue weighted by Gasteiger charge is 2.30. The number of carbonyl (C=O) groups is 2. The average molecular weight is 421 g/mol. The fourth-order valence-corrected chi connectivity index (χ4v) is 3.09. The molecule has 0 heterocycles. The topological polar surface area (TPSA) is 76.7 Å². The molecule has 3 aromatic rings. The first kappa shape index (κ1) is 22.2. The Bertz CT molecular complexity index is 1060. The summed E-state index contributed by atoms with van der Waals surface area (Å²) < 4.78 is 11.1. The Balaban J connectivity index is 1.69. The van der Waals surface area contributed by atoms with Crippen molar-refractivity contribution < 1.29 is 19.1 Å². The van der Waals surface area contributed by atoms with Crippen molar-refractivity contribution in [2.24, 2.45) is 0 Å². The average Bonchev–Trinajstić information content (AvgIpc) is 2.74. The lowest BCUT2D eigenvalue weighted by Crippen LogP contribution is -2.52. The van der Waals surface area contributed by atoms with Gasteiger partial charge in [0.25, 0.3) is 0 Å². The van der Waals surface area contributed by atoms with Gasteiger partial charge < -0.3 is 20.1 Å². The monoisotopic (exact) mass is 420 g/mol. The van der Waals surface area contributed by atoms with E-state index in [0.717, 1.165) is 22.1 Å². The number of benzene rings is 3. The van der Waals surface area contributed by atoms with Crippen molar-refractivity contribution >= 4 is 28.5 Å². The fraction of sp³-hybridized carbons (Fsp3) is 0.280. The minimum atomic E-state index is -1.18. The highest BCUT2D eigenvalue weighted by molar-refractivity contribution is 6.07. The molecule has 0 unspecified atom stereocenters. The normalized spacial score (nSPS) is 11.3. The van der Waals surface area contributed by atoms with Crippen LogP contribution < -0.4 is 15.4 Å². The number of carbonyl (C=O) groups excluding carboxylic acids is 2. The van der Waals surface area contributed by atoms with E-state index >= 15 is 0 Å². The molecule has 2 amide bonds. The molecule has 0 aromatic heterocycles. The number of anilines is 1. The second-order valence-corrected chi connectivity index (χ2v) is 8.09. The van der Waals surface area contributed by atoms with Gasteiger partial charge in [0.05, 0.1) is 6.10 Å². The molecule has 0 spiro atoms. The second-order valence-electron chi connectivity index (χ2n) is 8.09. The minimum absolute atomic E-state index is 0.0360. The summed E-state index contributed by atoms with van der Waals surface area (Å²) in [6, 6.07) is 20.7. The Labute approximate surface area is 182 Å². The Morgan fingerprint density at radius 2 is 1.55 bits per heavy atom. The lowest BCUT2D eigenvalue weighted by Gasteiger charge is -2.25. The van der Waals surface area contributed by atoms with Crippen LogP contribution in [-0.4, -0.2) is 23.6 Å². The quantitative estimate of drug-likeness (QED) is 0.546. The van der Waals surface area contributed by atoms with E-state index in [1.54, 1.807) is 13.8 Å². The molecular weight excluding hydrogens is 392 g/mol. The van der Waals surface area contributed by atoms with Crippen LogP contribution in [0.3, 0.4) is 0 Å². The third-order valence-corrected chi connectivity index (χ3v) is 4.69. The van der Waals surface area contributed by atoms with Crippen LogP contribution >= 0.6 is 0 Å². The molecule has 0 fully saturated rings. The van der Waals surface area contributed by atoms with Gasteiger partial charge in [-0.3, -0.25) is 4.79 Å². The van der Waals surface area contributed by atoms with Crippen molar-refractivity contribution in [1.29, 1.82) is 0 Å². The van der Waals surface area contributed by atoms with E-state index in [1.165, 1.54) is 0 Å². The smallest absolute Gasteiger partial charge is 0.408 e. The molecule has 0 atom stereocenters. The molecule has 0 bridgehead atoms. The van der Waals surface area contributed by atoms with Gasteiger partial charge in [0, 0.05) is 16.5 Å². The molecule has 0 saturated heterocycles.